The van der Waals surface area contributed by atoms with Gasteiger partial charge in [-0.15, -0.1) is 0 Å². The highest BCUT2D eigenvalue weighted by Crippen LogP contribution is 2.20. The van der Waals surface area contributed by atoms with Crippen molar-refractivity contribution in [1.82, 2.24) is 10.6 Å². The number of hydrogen-bond acceptors (Lipinski definition) is 3. The van der Waals surface area contributed by atoms with Crippen molar-refractivity contribution in [3.05, 3.63) is 36.1 Å². The van der Waals surface area contributed by atoms with Crippen LogP contribution in [-0.4, -0.2) is 26.0 Å². The lowest BCUT2D eigenvalue weighted by Crippen LogP contribution is -2.26. The normalized spacial score (nSPS) is 10.6. The second-order valence-electron chi connectivity index (χ2n) is 3.86. The van der Waals surface area contributed by atoms with E-state index in [0.29, 0.717) is 12.1 Å². The summed E-state index contributed by atoms with van der Waals surface area (Å²) in [6, 6.07) is 7.53. The molecule has 0 saturated heterocycles. The van der Waals surface area contributed by atoms with Gasteiger partial charge in [-0.25, -0.2) is 0 Å². The molecule has 1 aromatic carbocycles. The van der Waals surface area contributed by atoms with Crippen molar-refractivity contribution in [1.29, 1.82) is 0 Å². The van der Waals surface area contributed by atoms with E-state index in [1.165, 1.54) is 6.26 Å². The minimum Gasteiger partial charge on any atom is -0.463 e. The van der Waals surface area contributed by atoms with Crippen molar-refractivity contribution in [2.75, 3.05) is 20.1 Å². The van der Waals surface area contributed by atoms with Crippen LogP contribution < -0.4 is 10.6 Å². The lowest BCUT2D eigenvalue weighted by molar-refractivity contribution is 0.0954. The molecule has 0 aliphatic heterocycles. The number of amides is 1. The number of hydrogen-bond donors (Lipinski definition) is 2. The average molecular weight is 232 g/mol. The van der Waals surface area contributed by atoms with Crippen LogP contribution in [0.5, 0.6) is 0 Å². The van der Waals surface area contributed by atoms with Crippen molar-refractivity contribution in [3.63, 3.8) is 0 Å². The Kier molecular flexibility index (Phi) is 3.77. The molecule has 17 heavy (non-hydrogen) atoms. The molecule has 0 radical (unpaired) electrons. The molecule has 0 saturated carbocycles. The van der Waals surface area contributed by atoms with E-state index in [0.717, 1.165) is 23.9 Å². The molecular weight excluding hydrogens is 216 g/mol. The van der Waals surface area contributed by atoms with Crippen LogP contribution in [-0.2, 0) is 0 Å². The fourth-order valence-electron chi connectivity index (χ4n) is 1.72. The summed E-state index contributed by atoms with van der Waals surface area (Å²) in [5.74, 6) is -0.0777. The third kappa shape index (κ3) is 2.65. The van der Waals surface area contributed by atoms with Crippen LogP contribution >= 0.6 is 0 Å². The Hall–Kier alpha value is -1.81. The number of para-hydroxylation sites is 1. The first-order valence-corrected chi connectivity index (χ1v) is 5.72. The molecule has 1 aromatic heterocycles. The first-order chi connectivity index (χ1) is 8.33. The number of nitrogens with one attached hydrogen (secondary N) is 2. The number of carbonyl (C=O) groups excluding carboxylic acids is 1. The molecule has 0 unspecified atom stereocenters. The summed E-state index contributed by atoms with van der Waals surface area (Å²) in [6.07, 6.45) is 2.43. The summed E-state index contributed by atoms with van der Waals surface area (Å²) in [5.41, 5.74) is 1.35. The fourth-order valence-corrected chi connectivity index (χ4v) is 1.72. The van der Waals surface area contributed by atoms with Crippen LogP contribution in [0.25, 0.3) is 11.0 Å². The second-order valence-corrected chi connectivity index (χ2v) is 3.86. The van der Waals surface area contributed by atoms with E-state index in [-0.39, 0.29) is 5.91 Å². The maximum Gasteiger partial charge on any atom is 0.255 e. The first kappa shape index (κ1) is 11.7. The first-order valence-electron chi connectivity index (χ1n) is 5.72. The number of rotatable bonds is 5. The Balaban J connectivity index is 2.04. The van der Waals surface area contributed by atoms with E-state index in [9.17, 15) is 4.79 Å². The largest absolute Gasteiger partial charge is 0.463 e. The van der Waals surface area contributed by atoms with Gasteiger partial charge in [0.2, 0.25) is 0 Å². The third-order valence-corrected chi connectivity index (χ3v) is 2.61. The minimum atomic E-state index is -0.0777. The van der Waals surface area contributed by atoms with E-state index in [2.05, 4.69) is 10.6 Å². The average Bonchev–Trinajstić information content (AvgIpc) is 2.78. The maximum absolute atomic E-state index is 11.9. The molecule has 0 spiro atoms. The summed E-state index contributed by atoms with van der Waals surface area (Å²) in [6.45, 7) is 1.56. The Bertz CT molecular complexity index is 505. The Labute approximate surface area is 100.0 Å². The van der Waals surface area contributed by atoms with E-state index >= 15 is 0 Å². The summed E-state index contributed by atoms with van der Waals surface area (Å²) >= 11 is 0. The summed E-state index contributed by atoms with van der Waals surface area (Å²) in [7, 11) is 1.89. The summed E-state index contributed by atoms with van der Waals surface area (Å²) in [5, 5.41) is 6.77. The van der Waals surface area contributed by atoms with Crippen molar-refractivity contribution in [2.45, 2.75) is 6.42 Å². The van der Waals surface area contributed by atoms with Gasteiger partial charge in [0, 0.05) is 11.9 Å². The molecule has 0 bridgehead atoms. The monoisotopic (exact) mass is 232 g/mol. The molecule has 0 atom stereocenters. The van der Waals surface area contributed by atoms with Gasteiger partial charge in [0.25, 0.3) is 5.91 Å². The molecule has 0 aliphatic rings. The van der Waals surface area contributed by atoms with Crippen LogP contribution in [0.4, 0.5) is 0 Å². The van der Waals surface area contributed by atoms with Crippen LogP contribution in [0.2, 0.25) is 0 Å². The van der Waals surface area contributed by atoms with Crippen LogP contribution in [0.3, 0.4) is 0 Å². The zero-order chi connectivity index (χ0) is 12.1. The van der Waals surface area contributed by atoms with Gasteiger partial charge in [0.15, 0.2) is 0 Å². The van der Waals surface area contributed by atoms with Gasteiger partial charge >= 0.3 is 0 Å². The van der Waals surface area contributed by atoms with Crippen LogP contribution in [0, 0.1) is 0 Å². The van der Waals surface area contributed by atoms with Gasteiger partial charge in [0.05, 0.1) is 5.56 Å². The van der Waals surface area contributed by atoms with Gasteiger partial charge in [-0.1, -0.05) is 18.2 Å². The molecule has 1 heterocycles. The highest BCUT2D eigenvalue weighted by molar-refractivity contribution is 6.05. The SMILES string of the molecule is CNCCCNC(=O)c1coc2ccccc12. The quantitative estimate of drug-likeness (QED) is 0.772. The molecule has 90 valence electrons. The van der Waals surface area contributed by atoms with Crippen molar-refractivity contribution in [2.24, 2.45) is 0 Å². The Morgan fingerprint density at radius 3 is 2.94 bits per heavy atom. The smallest absolute Gasteiger partial charge is 0.255 e. The topological polar surface area (TPSA) is 54.3 Å². The zero-order valence-electron chi connectivity index (χ0n) is 9.82. The van der Waals surface area contributed by atoms with Gasteiger partial charge in [-0.05, 0) is 26.1 Å². The Morgan fingerprint density at radius 1 is 1.29 bits per heavy atom. The predicted octanol–water partition coefficient (Wildman–Crippen LogP) is 1.77. The predicted molar refractivity (Wildman–Crippen MR) is 67.1 cm³/mol. The maximum atomic E-state index is 11.9. The number of benzene rings is 1. The molecular formula is C13H16N2O2. The summed E-state index contributed by atoms with van der Waals surface area (Å²) in [4.78, 5) is 11.9. The highest BCUT2D eigenvalue weighted by atomic mass is 16.3. The lowest BCUT2D eigenvalue weighted by atomic mass is 10.1. The van der Waals surface area contributed by atoms with Gasteiger partial charge in [0.1, 0.15) is 11.8 Å². The second kappa shape index (κ2) is 5.50. The van der Waals surface area contributed by atoms with Crippen LogP contribution in [0.1, 0.15) is 16.8 Å². The molecule has 2 rings (SSSR count). The molecule has 2 aromatic rings. The molecule has 0 fully saturated rings. The molecule has 4 heteroatoms. The number of fused-ring (bicyclic) bond motifs is 1. The standard InChI is InChI=1S/C13H16N2O2/c1-14-7-4-8-15-13(16)11-9-17-12-6-3-2-5-10(11)12/h2-3,5-6,9,14H,4,7-8H2,1H3,(H,15,16). The van der Waals surface area contributed by atoms with E-state index in [1.54, 1.807) is 0 Å². The fraction of sp³-hybridized carbons (Fsp3) is 0.308. The van der Waals surface area contributed by atoms with E-state index < -0.39 is 0 Å². The third-order valence-electron chi connectivity index (χ3n) is 2.61. The van der Waals surface area contributed by atoms with Crippen molar-refractivity contribution >= 4 is 16.9 Å². The highest BCUT2D eigenvalue weighted by Gasteiger charge is 2.12. The van der Waals surface area contributed by atoms with Crippen LogP contribution in [0.15, 0.2) is 34.9 Å². The number of carbonyl (C=O) groups is 1. The minimum absolute atomic E-state index is 0.0777. The van der Waals surface area contributed by atoms with Gasteiger partial charge in [-0.2, -0.15) is 0 Å². The van der Waals surface area contributed by atoms with Crippen molar-refractivity contribution in [3.8, 4) is 0 Å². The number of furan rings is 1. The van der Waals surface area contributed by atoms with E-state index in [1.807, 2.05) is 31.3 Å². The molecule has 1 amide bonds. The van der Waals surface area contributed by atoms with E-state index in [4.69, 9.17) is 4.42 Å². The lowest BCUT2D eigenvalue weighted by Gasteiger charge is -2.03. The van der Waals surface area contributed by atoms with Gasteiger partial charge in [-0.3, -0.25) is 4.79 Å². The molecule has 4 nitrogen and oxygen atoms in total. The zero-order valence-corrected chi connectivity index (χ0v) is 9.82. The molecule has 2 N–H and O–H groups in total. The Morgan fingerprint density at radius 2 is 2.12 bits per heavy atom. The van der Waals surface area contributed by atoms with Gasteiger partial charge < -0.3 is 15.1 Å². The molecule has 0 aliphatic carbocycles. The summed E-state index contributed by atoms with van der Waals surface area (Å²) < 4.78 is 5.32. The van der Waals surface area contributed by atoms with Crippen molar-refractivity contribution < 1.29 is 9.21 Å².